The summed E-state index contributed by atoms with van der Waals surface area (Å²) in [7, 11) is 0. The van der Waals surface area contributed by atoms with Gasteiger partial charge in [-0.25, -0.2) is 14.8 Å². The second-order valence-electron chi connectivity index (χ2n) is 8.93. The van der Waals surface area contributed by atoms with Crippen LogP contribution in [0.25, 0.3) is 56.4 Å². The lowest BCUT2D eigenvalue weighted by molar-refractivity contribution is 0.559. The van der Waals surface area contributed by atoms with Gasteiger partial charge in [-0.15, -0.1) is 0 Å². The van der Waals surface area contributed by atoms with Gasteiger partial charge in [-0.2, -0.15) is 0 Å². The number of rotatable bonds is 6. The highest BCUT2D eigenvalue weighted by molar-refractivity contribution is 5.94. The molecule has 0 aliphatic rings. The minimum absolute atomic E-state index is 0.371. The van der Waals surface area contributed by atoms with E-state index in [0.29, 0.717) is 11.1 Å². The number of imidazole rings is 1. The standard InChI is InChI=1S/C31H26N4O2/c1-3-35(4-2)24-17-14-21-18-22(31(36)37-28(21)19-24)13-16-23-15-12-20-8-7-9-25(29(20)32-23)30-33-26-10-5-6-11-27(26)34-30/h5-19H,3-4H2,1-2H3,(H,33,34). The number of anilines is 1. The molecule has 0 aliphatic heterocycles. The lowest BCUT2D eigenvalue weighted by atomic mass is 10.1. The smallest absolute Gasteiger partial charge is 0.343 e. The van der Waals surface area contributed by atoms with Crippen molar-refractivity contribution in [1.29, 1.82) is 0 Å². The van der Waals surface area contributed by atoms with E-state index in [2.05, 4.69) is 29.8 Å². The second-order valence-corrected chi connectivity index (χ2v) is 8.93. The van der Waals surface area contributed by atoms with E-state index in [1.54, 1.807) is 6.08 Å². The summed E-state index contributed by atoms with van der Waals surface area (Å²) in [4.78, 5) is 28.0. The first-order valence-electron chi connectivity index (χ1n) is 12.5. The number of nitrogens with one attached hydrogen (secondary N) is 1. The summed E-state index contributed by atoms with van der Waals surface area (Å²) in [6.07, 6.45) is 3.61. The third-order valence-electron chi connectivity index (χ3n) is 6.70. The van der Waals surface area contributed by atoms with Crippen LogP contribution in [0.2, 0.25) is 0 Å². The average Bonchev–Trinajstić information content (AvgIpc) is 3.36. The van der Waals surface area contributed by atoms with Gasteiger partial charge < -0.3 is 14.3 Å². The number of aromatic amines is 1. The van der Waals surface area contributed by atoms with Gasteiger partial charge in [0.05, 0.1) is 27.8 Å². The Balaban J connectivity index is 1.36. The first kappa shape index (κ1) is 22.7. The van der Waals surface area contributed by atoms with Crippen LogP contribution in [0.15, 0.2) is 88.1 Å². The highest BCUT2D eigenvalue weighted by Gasteiger charge is 2.11. The van der Waals surface area contributed by atoms with Crippen LogP contribution in [-0.4, -0.2) is 28.0 Å². The topological polar surface area (TPSA) is 75.0 Å². The van der Waals surface area contributed by atoms with Crippen LogP contribution in [-0.2, 0) is 0 Å². The number of para-hydroxylation sites is 3. The second kappa shape index (κ2) is 9.39. The molecule has 0 amide bonds. The van der Waals surface area contributed by atoms with Gasteiger partial charge >= 0.3 is 5.63 Å². The molecule has 6 aromatic rings. The SMILES string of the molecule is CCN(CC)c1ccc2cc(C=Cc3ccc4cccc(-c5nc6ccccc6[nH]5)c4n3)c(=O)oc2c1. The lowest BCUT2D eigenvalue weighted by Gasteiger charge is -2.20. The number of hydrogen-bond acceptors (Lipinski definition) is 5. The Hall–Kier alpha value is -4.71. The van der Waals surface area contributed by atoms with E-state index in [0.717, 1.165) is 63.2 Å². The van der Waals surface area contributed by atoms with Crippen molar-refractivity contribution < 1.29 is 4.42 Å². The summed E-state index contributed by atoms with van der Waals surface area (Å²) in [5.74, 6) is 0.777. The number of hydrogen-bond donors (Lipinski definition) is 1. The molecule has 6 rings (SSSR count). The number of aromatic nitrogens is 3. The van der Waals surface area contributed by atoms with Crippen molar-refractivity contribution in [3.63, 3.8) is 0 Å². The summed E-state index contributed by atoms with van der Waals surface area (Å²) in [5, 5.41) is 1.90. The van der Waals surface area contributed by atoms with Crippen molar-refractivity contribution in [3.8, 4) is 11.4 Å². The Kier molecular flexibility index (Phi) is 5.77. The number of H-pyrrole nitrogens is 1. The van der Waals surface area contributed by atoms with Crippen molar-refractivity contribution in [3.05, 3.63) is 101 Å². The zero-order chi connectivity index (χ0) is 25.4. The van der Waals surface area contributed by atoms with Crippen LogP contribution in [0.4, 0.5) is 5.69 Å². The summed E-state index contributed by atoms with van der Waals surface area (Å²) in [6.45, 7) is 6.00. The molecule has 0 saturated heterocycles. The number of benzene rings is 3. The molecule has 3 aromatic heterocycles. The number of fused-ring (bicyclic) bond motifs is 3. The van der Waals surface area contributed by atoms with Gasteiger partial charge in [0.15, 0.2) is 0 Å². The Labute approximate surface area is 213 Å². The predicted octanol–water partition coefficient (Wildman–Crippen LogP) is 6.90. The van der Waals surface area contributed by atoms with E-state index in [1.165, 1.54) is 0 Å². The number of nitrogens with zero attached hydrogens (tertiary/aromatic N) is 3. The van der Waals surface area contributed by atoms with E-state index >= 15 is 0 Å². The largest absolute Gasteiger partial charge is 0.422 e. The molecule has 0 bridgehead atoms. The lowest BCUT2D eigenvalue weighted by Crippen LogP contribution is -2.21. The van der Waals surface area contributed by atoms with Crippen LogP contribution in [0, 0.1) is 0 Å². The summed E-state index contributed by atoms with van der Waals surface area (Å²) >= 11 is 0. The summed E-state index contributed by atoms with van der Waals surface area (Å²) in [5.41, 5.74) is 6.16. The van der Waals surface area contributed by atoms with Gasteiger partial charge in [0.1, 0.15) is 11.4 Å². The van der Waals surface area contributed by atoms with E-state index in [9.17, 15) is 4.79 Å². The Morgan fingerprint density at radius 3 is 2.54 bits per heavy atom. The summed E-state index contributed by atoms with van der Waals surface area (Å²) < 4.78 is 5.67. The molecule has 6 heteroatoms. The van der Waals surface area contributed by atoms with Crippen LogP contribution in [0.1, 0.15) is 25.1 Å². The van der Waals surface area contributed by atoms with Crippen LogP contribution < -0.4 is 10.5 Å². The third-order valence-corrected chi connectivity index (χ3v) is 6.70. The first-order chi connectivity index (χ1) is 18.1. The molecule has 0 unspecified atom stereocenters. The predicted molar refractivity (Wildman–Crippen MR) is 152 cm³/mol. The number of pyridine rings is 1. The molecular weight excluding hydrogens is 460 g/mol. The van der Waals surface area contributed by atoms with Gasteiger partial charge in [-0.05, 0) is 68.5 Å². The molecular formula is C31H26N4O2. The molecule has 3 heterocycles. The van der Waals surface area contributed by atoms with Gasteiger partial charge in [0.2, 0.25) is 0 Å². The maximum atomic E-state index is 12.7. The van der Waals surface area contributed by atoms with Crippen molar-refractivity contribution in [1.82, 2.24) is 15.0 Å². The van der Waals surface area contributed by atoms with Gasteiger partial charge in [0, 0.05) is 41.2 Å². The average molecular weight is 487 g/mol. The zero-order valence-electron chi connectivity index (χ0n) is 20.7. The molecule has 182 valence electrons. The molecule has 0 radical (unpaired) electrons. The van der Waals surface area contributed by atoms with Gasteiger partial charge in [0.25, 0.3) is 0 Å². The van der Waals surface area contributed by atoms with Crippen LogP contribution in [0.3, 0.4) is 0 Å². The molecule has 37 heavy (non-hydrogen) atoms. The fourth-order valence-electron chi connectivity index (χ4n) is 4.72. The quantitative estimate of drug-likeness (QED) is 0.259. The van der Waals surface area contributed by atoms with Crippen molar-refractivity contribution in [2.75, 3.05) is 18.0 Å². The molecule has 0 fully saturated rings. The van der Waals surface area contributed by atoms with E-state index < -0.39 is 0 Å². The Morgan fingerprint density at radius 1 is 0.865 bits per heavy atom. The van der Waals surface area contributed by atoms with Gasteiger partial charge in [-0.1, -0.05) is 30.3 Å². The zero-order valence-corrected chi connectivity index (χ0v) is 20.7. The third kappa shape index (κ3) is 4.27. The first-order valence-corrected chi connectivity index (χ1v) is 12.5. The molecule has 0 saturated carbocycles. The summed E-state index contributed by atoms with van der Waals surface area (Å²) in [6, 6.07) is 25.9. The molecule has 1 N–H and O–H groups in total. The fourth-order valence-corrected chi connectivity index (χ4v) is 4.72. The molecule has 0 aliphatic carbocycles. The molecule has 0 spiro atoms. The minimum atomic E-state index is -0.371. The van der Waals surface area contributed by atoms with Gasteiger partial charge in [-0.3, -0.25) is 0 Å². The fraction of sp³-hybridized carbons (Fsp3) is 0.129. The molecule has 6 nitrogen and oxygen atoms in total. The van der Waals surface area contributed by atoms with Crippen LogP contribution in [0.5, 0.6) is 0 Å². The minimum Gasteiger partial charge on any atom is -0.422 e. The Bertz CT molecular complexity index is 1810. The molecule has 0 atom stereocenters. The van der Waals surface area contributed by atoms with Crippen molar-refractivity contribution in [2.24, 2.45) is 0 Å². The Morgan fingerprint density at radius 2 is 1.70 bits per heavy atom. The van der Waals surface area contributed by atoms with E-state index in [-0.39, 0.29) is 5.63 Å². The monoisotopic (exact) mass is 486 g/mol. The van der Waals surface area contributed by atoms with Crippen molar-refractivity contribution >= 4 is 50.7 Å². The maximum Gasteiger partial charge on any atom is 0.343 e. The maximum absolute atomic E-state index is 12.7. The normalized spacial score (nSPS) is 11.7. The molecule has 3 aromatic carbocycles. The highest BCUT2D eigenvalue weighted by atomic mass is 16.4. The van der Waals surface area contributed by atoms with Crippen molar-refractivity contribution in [2.45, 2.75) is 13.8 Å². The van der Waals surface area contributed by atoms with Crippen LogP contribution >= 0.6 is 0 Å². The highest BCUT2D eigenvalue weighted by Crippen LogP contribution is 2.28. The van der Waals surface area contributed by atoms with E-state index in [4.69, 9.17) is 14.4 Å². The van der Waals surface area contributed by atoms with E-state index in [1.807, 2.05) is 78.9 Å².